The molecule has 1 saturated heterocycles. The standard InChI is InChI=1S/C26H29FN2O4/c1-26(2)16-22(30)20-7-5-19(15-23(20)32-26)31-13-3-10-29-11-8-17(9-12-29)25-21-6-4-18(27)14-24(21)33-28-25/h4-7,14-15,17H,3,8-13,16H2,1-2H3. The maximum atomic E-state index is 13.4. The minimum absolute atomic E-state index is 0.113. The third-order valence-electron chi connectivity index (χ3n) is 6.55. The van der Waals surface area contributed by atoms with Crippen molar-refractivity contribution < 1.29 is 23.2 Å². The van der Waals surface area contributed by atoms with Crippen molar-refractivity contribution in [3.63, 3.8) is 0 Å². The van der Waals surface area contributed by atoms with Crippen LogP contribution in [-0.2, 0) is 0 Å². The molecule has 0 atom stereocenters. The van der Waals surface area contributed by atoms with E-state index in [2.05, 4.69) is 10.1 Å². The highest BCUT2D eigenvalue weighted by molar-refractivity contribution is 6.00. The van der Waals surface area contributed by atoms with Crippen LogP contribution in [0.1, 0.15) is 61.5 Å². The van der Waals surface area contributed by atoms with Crippen molar-refractivity contribution in [1.29, 1.82) is 0 Å². The number of rotatable bonds is 6. The minimum atomic E-state index is -0.483. The van der Waals surface area contributed by atoms with Gasteiger partial charge in [-0.1, -0.05) is 5.16 Å². The lowest BCUT2D eigenvalue weighted by atomic mass is 9.91. The van der Waals surface area contributed by atoms with Gasteiger partial charge in [-0.25, -0.2) is 4.39 Å². The number of likely N-dealkylation sites (tertiary alicyclic amines) is 1. The van der Waals surface area contributed by atoms with Gasteiger partial charge in [0.25, 0.3) is 0 Å². The Balaban J connectivity index is 1.09. The SMILES string of the molecule is CC1(C)CC(=O)c2ccc(OCCCN3CCC(c4noc5cc(F)ccc45)CC3)cc2O1. The van der Waals surface area contributed by atoms with Crippen LogP contribution in [0, 0.1) is 5.82 Å². The Labute approximate surface area is 192 Å². The van der Waals surface area contributed by atoms with Crippen LogP contribution in [0.25, 0.3) is 11.0 Å². The molecule has 1 fully saturated rings. The fourth-order valence-electron chi connectivity index (χ4n) is 4.86. The Kier molecular flexibility index (Phi) is 5.83. The van der Waals surface area contributed by atoms with Crippen molar-refractivity contribution in [3.05, 3.63) is 53.5 Å². The molecule has 2 aliphatic heterocycles. The normalized spacial score (nSPS) is 18.8. The molecule has 0 bridgehead atoms. The van der Waals surface area contributed by atoms with E-state index in [9.17, 15) is 9.18 Å². The fraction of sp³-hybridized carbons (Fsp3) is 0.462. The predicted molar refractivity (Wildman–Crippen MR) is 123 cm³/mol. The van der Waals surface area contributed by atoms with E-state index in [0.717, 1.165) is 55.7 Å². The van der Waals surface area contributed by atoms with Crippen molar-refractivity contribution in [3.8, 4) is 11.5 Å². The van der Waals surface area contributed by atoms with Gasteiger partial charge in [0.05, 0.1) is 24.3 Å². The van der Waals surface area contributed by atoms with Crippen molar-refractivity contribution in [2.45, 2.75) is 51.0 Å². The highest BCUT2D eigenvalue weighted by Crippen LogP contribution is 2.36. The van der Waals surface area contributed by atoms with Gasteiger partial charge in [0.1, 0.15) is 22.9 Å². The van der Waals surface area contributed by atoms with Crippen LogP contribution < -0.4 is 9.47 Å². The fourth-order valence-corrected chi connectivity index (χ4v) is 4.86. The molecule has 0 unspecified atom stereocenters. The van der Waals surface area contributed by atoms with Gasteiger partial charge in [-0.2, -0.15) is 0 Å². The van der Waals surface area contributed by atoms with Gasteiger partial charge in [0, 0.05) is 30.0 Å². The first-order valence-corrected chi connectivity index (χ1v) is 11.6. The second-order valence-corrected chi connectivity index (χ2v) is 9.65. The monoisotopic (exact) mass is 452 g/mol. The summed E-state index contributed by atoms with van der Waals surface area (Å²) in [6, 6.07) is 10.1. The number of carbonyl (C=O) groups is 1. The number of hydrogen-bond acceptors (Lipinski definition) is 6. The summed E-state index contributed by atoms with van der Waals surface area (Å²) in [6.07, 6.45) is 3.32. The number of ketones is 1. The van der Waals surface area contributed by atoms with Crippen LogP contribution >= 0.6 is 0 Å². The number of nitrogens with zero attached hydrogens (tertiary/aromatic N) is 2. The highest BCUT2D eigenvalue weighted by Gasteiger charge is 2.32. The van der Waals surface area contributed by atoms with Gasteiger partial charge in [0.2, 0.25) is 0 Å². The van der Waals surface area contributed by atoms with E-state index < -0.39 is 5.60 Å². The predicted octanol–water partition coefficient (Wildman–Crippen LogP) is 5.36. The van der Waals surface area contributed by atoms with E-state index in [1.165, 1.54) is 12.1 Å². The topological polar surface area (TPSA) is 64.8 Å². The maximum Gasteiger partial charge on any atom is 0.170 e. The van der Waals surface area contributed by atoms with E-state index in [0.29, 0.717) is 35.8 Å². The zero-order valence-corrected chi connectivity index (χ0v) is 19.1. The molecule has 7 heteroatoms. The quantitative estimate of drug-likeness (QED) is 0.469. The van der Waals surface area contributed by atoms with Crippen molar-refractivity contribution >= 4 is 16.8 Å². The molecular formula is C26H29FN2O4. The summed E-state index contributed by atoms with van der Waals surface area (Å²) in [7, 11) is 0. The van der Waals surface area contributed by atoms with Gasteiger partial charge in [-0.05, 0) is 70.5 Å². The van der Waals surface area contributed by atoms with Crippen molar-refractivity contribution in [2.75, 3.05) is 26.2 Å². The largest absolute Gasteiger partial charge is 0.493 e. The van der Waals surface area contributed by atoms with Gasteiger partial charge in [-0.3, -0.25) is 4.79 Å². The zero-order chi connectivity index (χ0) is 23.0. The summed E-state index contributed by atoms with van der Waals surface area (Å²) < 4.78 is 30.6. The summed E-state index contributed by atoms with van der Waals surface area (Å²) in [5.41, 5.74) is 1.62. The molecule has 0 radical (unpaired) electrons. The summed E-state index contributed by atoms with van der Waals surface area (Å²) in [4.78, 5) is 14.7. The average Bonchev–Trinajstić information content (AvgIpc) is 3.19. The Bertz CT molecular complexity index is 1160. The van der Waals surface area contributed by atoms with Gasteiger partial charge in [0.15, 0.2) is 11.4 Å². The van der Waals surface area contributed by atoms with Crippen LogP contribution in [0.2, 0.25) is 0 Å². The summed E-state index contributed by atoms with van der Waals surface area (Å²) >= 11 is 0. The number of piperidine rings is 1. The lowest BCUT2D eigenvalue weighted by Crippen LogP contribution is -2.35. The number of Topliss-reactive ketones (excluding diaryl/α,β-unsaturated/α-hetero) is 1. The number of aromatic nitrogens is 1. The highest BCUT2D eigenvalue weighted by atomic mass is 19.1. The van der Waals surface area contributed by atoms with Crippen LogP contribution in [0.15, 0.2) is 40.9 Å². The first-order chi connectivity index (χ1) is 15.9. The third kappa shape index (κ3) is 4.74. The second-order valence-electron chi connectivity index (χ2n) is 9.65. The van der Waals surface area contributed by atoms with E-state index >= 15 is 0 Å². The Morgan fingerprint density at radius 2 is 2.00 bits per heavy atom. The first-order valence-electron chi connectivity index (χ1n) is 11.6. The van der Waals surface area contributed by atoms with E-state index in [1.807, 2.05) is 26.0 Å². The third-order valence-corrected chi connectivity index (χ3v) is 6.55. The number of ether oxygens (including phenoxy) is 2. The molecule has 6 nitrogen and oxygen atoms in total. The van der Waals surface area contributed by atoms with E-state index in [-0.39, 0.29) is 11.6 Å². The van der Waals surface area contributed by atoms with Crippen LogP contribution in [0.5, 0.6) is 11.5 Å². The summed E-state index contributed by atoms with van der Waals surface area (Å²) in [5, 5.41) is 5.15. The molecule has 33 heavy (non-hydrogen) atoms. The lowest BCUT2D eigenvalue weighted by Gasteiger charge is -2.32. The van der Waals surface area contributed by atoms with Gasteiger partial charge in [-0.15, -0.1) is 0 Å². The zero-order valence-electron chi connectivity index (χ0n) is 19.1. The van der Waals surface area contributed by atoms with E-state index in [1.54, 1.807) is 12.1 Å². The van der Waals surface area contributed by atoms with Crippen LogP contribution in [0.3, 0.4) is 0 Å². The molecule has 3 aromatic rings. The van der Waals surface area contributed by atoms with E-state index in [4.69, 9.17) is 14.0 Å². The second kappa shape index (κ2) is 8.78. The molecule has 0 aliphatic carbocycles. The number of carbonyl (C=O) groups excluding carboxylic acids is 1. The number of halogens is 1. The van der Waals surface area contributed by atoms with Crippen LogP contribution in [-0.4, -0.2) is 47.7 Å². The smallest absolute Gasteiger partial charge is 0.170 e. The maximum absolute atomic E-state index is 13.4. The number of hydrogen-bond donors (Lipinski definition) is 0. The summed E-state index contributed by atoms with van der Waals surface area (Å²) in [6.45, 7) is 7.40. The number of benzene rings is 2. The molecule has 2 aliphatic rings. The summed E-state index contributed by atoms with van der Waals surface area (Å²) in [5.74, 6) is 1.49. The Morgan fingerprint density at radius 1 is 1.18 bits per heavy atom. The minimum Gasteiger partial charge on any atom is -0.493 e. The molecule has 174 valence electrons. The molecular weight excluding hydrogens is 423 g/mol. The first kappa shape index (κ1) is 21.9. The Morgan fingerprint density at radius 3 is 2.82 bits per heavy atom. The average molecular weight is 453 g/mol. The Hall–Kier alpha value is -2.93. The number of fused-ring (bicyclic) bond motifs is 2. The molecule has 0 saturated carbocycles. The molecule has 1 aromatic heterocycles. The van der Waals surface area contributed by atoms with Crippen molar-refractivity contribution in [2.24, 2.45) is 0 Å². The van der Waals surface area contributed by atoms with Gasteiger partial charge < -0.3 is 18.9 Å². The van der Waals surface area contributed by atoms with Crippen molar-refractivity contribution in [1.82, 2.24) is 10.1 Å². The molecule has 0 N–H and O–H groups in total. The lowest BCUT2D eigenvalue weighted by molar-refractivity contribution is 0.0618. The molecule has 0 spiro atoms. The van der Waals surface area contributed by atoms with Gasteiger partial charge >= 0.3 is 0 Å². The molecule has 2 aromatic carbocycles. The van der Waals surface area contributed by atoms with Crippen LogP contribution in [0.4, 0.5) is 4.39 Å². The molecule has 0 amide bonds. The molecule has 3 heterocycles. The molecule has 5 rings (SSSR count).